The number of hydrogen-bond acceptors (Lipinski definition) is 2. The molecule has 1 N–H and O–H groups in total. The van der Waals surface area contributed by atoms with Crippen molar-refractivity contribution in [1.82, 2.24) is 5.32 Å². The molecule has 3 amide bonds. The Morgan fingerprint density at radius 2 is 1.94 bits per heavy atom. The van der Waals surface area contributed by atoms with Crippen LogP contribution in [0.4, 0.5) is 10.5 Å². The molecule has 1 aromatic rings. The minimum atomic E-state index is -0.422. The van der Waals surface area contributed by atoms with Crippen molar-refractivity contribution in [3.8, 4) is 0 Å². The van der Waals surface area contributed by atoms with E-state index in [4.69, 9.17) is 11.6 Å². The van der Waals surface area contributed by atoms with Crippen molar-refractivity contribution in [2.24, 2.45) is 0 Å². The van der Waals surface area contributed by atoms with Gasteiger partial charge in [0.1, 0.15) is 0 Å². The third kappa shape index (κ3) is 4.07. The third-order valence-corrected chi connectivity index (χ3v) is 2.39. The highest BCUT2D eigenvalue weighted by atomic mass is 35.5. The number of para-hydroxylation sites is 1. The van der Waals surface area contributed by atoms with Gasteiger partial charge < -0.3 is 0 Å². The number of amides is 3. The molecule has 0 heterocycles. The lowest BCUT2D eigenvalue weighted by atomic mass is 10.3. The molecule has 4 nitrogen and oxygen atoms in total. The van der Waals surface area contributed by atoms with Gasteiger partial charge in [0.25, 0.3) is 0 Å². The number of imide groups is 1. The first-order valence-electron chi connectivity index (χ1n) is 5.41. The van der Waals surface area contributed by atoms with Crippen LogP contribution in [0.15, 0.2) is 30.3 Å². The summed E-state index contributed by atoms with van der Waals surface area (Å²) >= 11 is 5.42. The standard InChI is InChI=1S/C12H15ClN2O2/c1-2-15(10-6-4-3-5-7-10)12(17)14-11(16)8-9-13/h3-7H,2,8-9H2,1H3,(H,14,16,17). The molecule has 0 radical (unpaired) electrons. The molecule has 0 aliphatic heterocycles. The second kappa shape index (κ2) is 6.91. The van der Waals surface area contributed by atoms with Crippen LogP contribution < -0.4 is 10.2 Å². The molecular formula is C12H15ClN2O2. The number of nitrogens with zero attached hydrogens (tertiary/aromatic N) is 1. The van der Waals surface area contributed by atoms with E-state index in [-0.39, 0.29) is 18.2 Å². The predicted octanol–water partition coefficient (Wildman–Crippen LogP) is 2.38. The average molecular weight is 255 g/mol. The van der Waals surface area contributed by atoms with E-state index < -0.39 is 6.03 Å². The van der Waals surface area contributed by atoms with Crippen molar-refractivity contribution in [3.63, 3.8) is 0 Å². The molecule has 1 rings (SSSR count). The maximum atomic E-state index is 11.8. The lowest BCUT2D eigenvalue weighted by Gasteiger charge is -2.20. The molecule has 0 aliphatic carbocycles. The lowest BCUT2D eigenvalue weighted by Crippen LogP contribution is -2.43. The lowest BCUT2D eigenvalue weighted by molar-refractivity contribution is -0.119. The fourth-order valence-corrected chi connectivity index (χ4v) is 1.56. The monoisotopic (exact) mass is 254 g/mol. The van der Waals surface area contributed by atoms with Gasteiger partial charge in [-0.2, -0.15) is 0 Å². The van der Waals surface area contributed by atoms with Crippen LogP contribution in [0.5, 0.6) is 0 Å². The molecule has 92 valence electrons. The van der Waals surface area contributed by atoms with E-state index >= 15 is 0 Å². The molecule has 0 aromatic heterocycles. The number of alkyl halides is 1. The summed E-state index contributed by atoms with van der Waals surface area (Å²) in [4.78, 5) is 24.6. The van der Waals surface area contributed by atoms with E-state index in [2.05, 4.69) is 5.32 Å². The molecule has 0 atom stereocenters. The minimum absolute atomic E-state index is 0.139. The summed E-state index contributed by atoms with van der Waals surface area (Å²) in [5, 5.41) is 2.29. The highest BCUT2D eigenvalue weighted by molar-refractivity contribution is 6.19. The SMILES string of the molecule is CCN(C(=O)NC(=O)CCCl)c1ccccc1. The maximum Gasteiger partial charge on any atom is 0.328 e. The molecule has 0 spiro atoms. The Kier molecular flexibility index (Phi) is 5.49. The van der Waals surface area contributed by atoms with Crippen LogP contribution in [0.1, 0.15) is 13.3 Å². The number of nitrogens with one attached hydrogen (secondary N) is 1. The van der Waals surface area contributed by atoms with Gasteiger partial charge in [0.2, 0.25) is 5.91 Å². The Labute approximate surface area is 106 Å². The van der Waals surface area contributed by atoms with Crippen LogP contribution in [0, 0.1) is 0 Å². The van der Waals surface area contributed by atoms with Crippen molar-refractivity contribution >= 4 is 29.2 Å². The maximum absolute atomic E-state index is 11.8. The van der Waals surface area contributed by atoms with E-state index in [1.165, 1.54) is 4.90 Å². The second-order valence-corrected chi connectivity index (χ2v) is 3.75. The van der Waals surface area contributed by atoms with Gasteiger partial charge in [-0.1, -0.05) is 18.2 Å². The fourth-order valence-electron chi connectivity index (χ4n) is 1.39. The molecule has 0 saturated carbocycles. The minimum Gasteiger partial charge on any atom is -0.294 e. The van der Waals surface area contributed by atoms with Crippen molar-refractivity contribution in [1.29, 1.82) is 0 Å². The molecule has 1 aromatic carbocycles. The first-order valence-corrected chi connectivity index (χ1v) is 5.94. The van der Waals surface area contributed by atoms with Crippen LogP contribution in [0.25, 0.3) is 0 Å². The van der Waals surface area contributed by atoms with Crippen LogP contribution in [0.3, 0.4) is 0 Å². The Balaban J connectivity index is 2.68. The number of anilines is 1. The van der Waals surface area contributed by atoms with Gasteiger partial charge in [-0.15, -0.1) is 11.6 Å². The molecule has 0 aliphatic rings. The quantitative estimate of drug-likeness (QED) is 0.839. The summed E-state index contributed by atoms with van der Waals surface area (Å²) in [6, 6.07) is 8.75. The Morgan fingerprint density at radius 3 is 2.47 bits per heavy atom. The van der Waals surface area contributed by atoms with Gasteiger partial charge in [-0.3, -0.25) is 15.0 Å². The number of halogens is 1. The molecule has 17 heavy (non-hydrogen) atoms. The number of urea groups is 1. The molecule has 0 fully saturated rings. The molecule has 0 unspecified atom stereocenters. The van der Waals surface area contributed by atoms with Gasteiger partial charge in [0.15, 0.2) is 0 Å². The number of hydrogen-bond donors (Lipinski definition) is 1. The van der Waals surface area contributed by atoms with Gasteiger partial charge in [0.05, 0.1) is 0 Å². The molecule has 0 saturated heterocycles. The molecule has 5 heteroatoms. The first-order chi connectivity index (χ1) is 8.19. The highest BCUT2D eigenvalue weighted by Crippen LogP contribution is 2.12. The highest BCUT2D eigenvalue weighted by Gasteiger charge is 2.15. The fraction of sp³-hybridized carbons (Fsp3) is 0.333. The van der Waals surface area contributed by atoms with Gasteiger partial charge >= 0.3 is 6.03 Å². The molecule has 0 bridgehead atoms. The number of benzene rings is 1. The summed E-state index contributed by atoms with van der Waals surface area (Å²) < 4.78 is 0. The third-order valence-electron chi connectivity index (χ3n) is 2.20. The van der Waals surface area contributed by atoms with Crippen LogP contribution in [-0.4, -0.2) is 24.4 Å². The van der Waals surface area contributed by atoms with E-state index in [1.807, 2.05) is 37.3 Å². The Bertz CT molecular complexity index is 381. The topological polar surface area (TPSA) is 49.4 Å². The largest absolute Gasteiger partial charge is 0.328 e. The summed E-state index contributed by atoms with van der Waals surface area (Å²) in [5.74, 6) is -0.157. The van der Waals surface area contributed by atoms with Gasteiger partial charge in [-0.05, 0) is 19.1 Å². The van der Waals surface area contributed by atoms with E-state index in [9.17, 15) is 9.59 Å². The Hall–Kier alpha value is -1.55. The van der Waals surface area contributed by atoms with E-state index in [1.54, 1.807) is 0 Å². The summed E-state index contributed by atoms with van der Waals surface area (Å²) in [6.07, 6.45) is 0.139. The van der Waals surface area contributed by atoms with Crippen molar-refractivity contribution < 1.29 is 9.59 Å². The summed E-state index contributed by atoms with van der Waals surface area (Å²) in [6.45, 7) is 2.34. The van der Waals surface area contributed by atoms with Crippen LogP contribution >= 0.6 is 11.6 Å². The normalized spacial score (nSPS) is 9.76. The number of carbonyl (C=O) groups is 2. The van der Waals surface area contributed by atoms with Gasteiger partial charge in [0, 0.05) is 24.5 Å². The van der Waals surface area contributed by atoms with Crippen LogP contribution in [0.2, 0.25) is 0 Å². The summed E-state index contributed by atoms with van der Waals surface area (Å²) in [5.41, 5.74) is 0.756. The number of rotatable bonds is 4. The summed E-state index contributed by atoms with van der Waals surface area (Å²) in [7, 11) is 0. The zero-order chi connectivity index (χ0) is 12.7. The first kappa shape index (κ1) is 13.5. The smallest absolute Gasteiger partial charge is 0.294 e. The van der Waals surface area contributed by atoms with Crippen molar-refractivity contribution in [3.05, 3.63) is 30.3 Å². The van der Waals surface area contributed by atoms with Gasteiger partial charge in [-0.25, -0.2) is 4.79 Å². The average Bonchev–Trinajstić information content (AvgIpc) is 2.31. The van der Waals surface area contributed by atoms with Crippen molar-refractivity contribution in [2.45, 2.75) is 13.3 Å². The van der Waals surface area contributed by atoms with E-state index in [0.29, 0.717) is 6.54 Å². The predicted molar refractivity (Wildman–Crippen MR) is 68.3 cm³/mol. The van der Waals surface area contributed by atoms with Crippen LogP contribution in [-0.2, 0) is 4.79 Å². The Morgan fingerprint density at radius 1 is 1.29 bits per heavy atom. The second-order valence-electron chi connectivity index (χ2n) is 3.37. The zero-order valence-electron chi connectivity index (χ0n) is 9.65. The zero-order valence-corrected chi connectivity index (χ0v) is 10.4. The van der Waals surface area contributed by atoms with E-state index in [0.717, 1.165) is 5.69 Å². The number of carbonyl (C=O) groups excluding carboxylic acids is 2. The molecular weight excluding hydrogens is 240 g/mol. The van der Waals surface area contributed by atoms with Crippen molar-refractivity contribution in [2.75, 3.05) is 17.3 Å².